The maximum Gasteiger partial charge on any atom is 0.164 e. The van der Waals surface area contributed by atoms with Gasteiger partial charge in [-0.1, -0.05) is 23.2 Å². The largest absolute Gasteiger partial charge is 0.294 e. The van der Waals surface area contributed by atoms with Gasteiger partial charge in [-0.3, -0.25) is 4.79 Å². The van der Waals surface area contributed by atoms with Crippen LogP contribution in [0.15, 0.2) is 18.2 Å². The van der Waals surface area contributed by atoms with Crippen LogP contribution in [0.5, 0.6) is 0 Å². The Morgan fingerprint density at radius 1 is 1.29 bits per heavy atom. The van der Waals surface area contributed by atoms with Crippen LogP contribution >= 0.6 is 35.0 Å². The average Bonchev–Trinajstić information content (AvgIpc) is 2.30. The first-order valence-corrected chi connectivity index (χ1v) is 7.64. The van der Waals surface area contributed by atoms with Gasteiger partial charge in [-0.25, -0.2) is 0 Å². The molecule has 0 spiro atoms. The zero-order chi connectivity index (χ0) is 12.3. The van der Waals surface area contributed by atoms with Crippen molar-refractivity contribution < 1.29 is 4.79 Å². The second kappa shape index (κ2) is 6.12. The van der Waals surface area contributed by atoms with Gasteiger partial charge >= 0.3 is 0 Å². The highest BCUT2D eigenvalue weighted by atomic mass is 35.5. The molecule has 1 aliphatic rings. The van der Waals surface area contributed by atoms with E-state index in [-0.39, 0.29) is 5.78 Å². The zero-order valence-electron chi connectivity index (χ0n) is 9.42. The van der Waals surface area contributed by atoms with Crippen LogP contribution < -0.4 is 0 Å². The summed E-state index contributed by atoms with van der Waals surface area (Å²) in [7, 11) is 0. The molecule has 1 aromatic carbocycles. The molecule has 0 atom stereocenters. The van der Waals surface area contributed by atoms with Gasteiger partial charge in [0, 0.05) is 17.0 Å². The maximum absolute atomic E-state index is 12.1. The third-order valence-corrected chi connectivity index (χ3v) is 4.64. The quantitative estimate of drug-likeness (QED) is 0.750. The lowest BCUT2D eigenvalue weighted by atomic mass is 9.93. The molecule has 1 aromatic rings. The molecular formula is C13H14Cl2OS. The van der Waals surface area contributed by atoms with Crippen LogP contribution in [-0.2, 0) is 0 Å². The molecule has 0 amide bonds. The second-order valence-corrected chi connectivity index (χ2v) is 6.38. The minimum atomic E-state index is 0.142. The molecule has 0 bridgehead atoms. The van der Waals surface area contributed by atoms with Crippen molar-refractivity contribution in [1.82, 2.24) is 0 Å². The number of thioether (sulfide) groups is 1. The van der Waals surface area contributed by atoms with E-state index in [2.05, 4.69) is 0 Å². The highest BCUT2D eigenvalue weighted by molar-refractivity contribution is 7.99. The van der Waals surface area contributed by atoms with E-state index >= 15 is 0 Å². The first kappa shape index (κ1) is 13.3. The van der Waals surface area contributed by atoms with Crippen molar-refractivity contribution in [2.24, 2.45) is 5.92 Å². The van der Waals surface area contributed by atoms with Gasteiger partial charge in [0.15, 0.2) is 5.78 Å². The van der Waals surface area contributed by atoms with Gasteiger partial charge in [-0.2, -0.15) is 11.8 Å². The number of Topliss-reactive ketones (excluding diaryl/α,β-unsaturated/α-hetero) is 1. The van der Waals surface area contributed by atoms with Gasteiger partial charge < -0.3 is 0 Å². The van der Waals surface area contributed by atoms with Crippen molar-refractivity contribution in [3.8, 4) is 0 Å². The molecule has 4 heteroatoms. The van der Waals surface area contributed by atoms with E-state index in [1.165, 1.54) is 11.5 Å². The number of carbonyl (C=O) groups is 1. The summed E-state index contributed by atoms with van der Waals surface area (Å²) in [5.41, 5.74) is 0.606. The number of hydrogen-bond donors (Lipinski definition) is 0. The Labute approximate surface area is 116 Å². The summed E-state index contributed by atoms with van der Waals surface area (Å²) in [6, 6.07) is 5.08. The summed E-state index contributed by atoms with van der Waals surface area (Å²) in [5, 5.41) is 1.04. The molecule has 1 fully saturated rings. The molecule has 0 saturated carbocycles. The number of ketones is 1. The summed E-state index contributed by atoms with van der Waals surface area (Å²) < 4.78 is 0. The average molecular weight is 289 g/mol. The highest BCUT2D eigenvalue weighted by Gasteiger charge is 2.19. The standard InChI is InChI=1S/C13H14Cl2OS/c14-10-1-2-11(12(15)8-10)13(16)7-9-3-5-17-6-4-9/h1-2,8-9H,3-7H2. The number of benzene rings is 1. The van der Waals surface area contributed by atoms with Crippen molar-refractivity contribution in [3.05, 3.63) is 33.8 Å². The Bertz CT molecular complexity index is 414. The van der Waals surface area contributed by atoms with Crippen LogP contribution in [0.1, 0.15) is 29.6 Å². The van der Waals surface area contributed by atoms with E-state index in [0.29, 0.717) is 27.9 Å². The van der Waals surface area contributed by atoms with E-state index in [4.69, 9.17) is 23.2 Å². The molecule has 0 aliphatic carbocycles. The molecule has 0 unspecified atom stereocenters. The van der Waals surface area contributed by atoms with Gasteiger partial charge in [0.05, 0.1) is 5.02 Å². The first-order valence-electron chi connectivity index (χ1n) is 5.73. The predicted octanol–water partition coefficient (Wildman–Crippen LogP) is 4.71. The number of carbonyl (C=O) groups excluding carboxylic acids is 1. The molecule has 1 nitrogen and oxygen atoms in total. The van der Waals surface area contributed by atoms with Crippen LogP contribution in [0.4, 0.5) is 0 Å². The molecular weight excluding hydrogens is 275 g/mol. The summed E-state index contributed by atoms with van der Waals surface area (Å²) in [6.07, 6.45) is 2.89. The van der Waals surface area contributed by atoms with Gasteiger partial charge in [0.25, 0.3) is 0 Å². The van der Waals surface area contributed by atoms with Crippen LogP contribution in [0.3, 0.4) is 0 Å². The Kier molecular flexibility index (Phi) is 4.78. The van der Waals surface area contributed by atoms with Crippen molar-refractivity contribution in [2.45, 2.75) is 19.3 Å². The minimum absolute atomic E-state index is 0.142. The fourth-order valence-corrected chi connectivity index (χ4v) is 3.76. The summed E-state index contributed by atoms with van der Waals surface area (Å²) >= 11 is 13.8. The molecule has 1 saturated heterocycles. The van der Waals surface area contributed by atoms with E-state index in [1.807, 2.05) is 11.8 Å². The van der Waals surface area contributed by atoms with Crippen LogP contribution in [0.2, 0.25) is 10.0 Å². The van der Waals surface area contributed by atoms with Crippen molar-refractivity contribution in [3.63, 3.8) is 0 Å². The fourth-order valence-electron chi connectivity index (χ4n) is 2.04. The molecule has 0 aromatic heterocycles. The van der Waals surface area contributed by atoms with Gasteiger partial charge in [-0.15, -0.1) is 0 Å². The SMILES string of the molecule is O=C(CC1CCSCC1)c1ccc(Cl)cc1Cl. The maximum atomic E-state index is 12.1. The molecule has 0 N–H and O–H groups in total. The Morgan fingerprint density at radius 2 is 2.00 bits per heavy atom. The summed E-state index contributed by atoms with van der Waals surface area (Å²) in [4.78, 5) is 12.1. The van der Waals surface area contributed by atoms with Crippen LogP contribution in [-0.4, -0.2) is 17.3 Å². The van der Waals surface area contributed by atoms with Crippen LogP contribution in [0, 0.1) is 5.92 Å². The lowest BCUT2D eigenvalue weighted by Gasteiger charge is -2.20. The zero-order valence-corrected chi connectivity index (χ0v) is 11.7. The summed E-state index contributed by atoms with van der Waals surface area (Å²) in [6.45, 7) is 0. The Morgan fingerprint density at radius 3 is 2.65 bits per heavy atom. The Balaban J connectivity index is 2.03. The highest BCUT2D eigenvalue weighted by Crippen LogP contribution is 2.28. The van der Waals surface area contributed by atoms with Crippen LogP contribution in [0.25, 0.3) is 0 Å². The van der Waals surface area contributed by atoms with E-state index < -0.39 is 0 Å². The molecule has 1 heterocycles. The fraction of sp³-hybridized carbons (Fsp3) is 0.462. The van der Waals surface area contributed by atoms with E-state index in [1.54, 1.807) is 18.2 Å². The molecule has 92 valence electrons. The number of rotatable bonds is 3. The first-order chi connectivity index (χ1) is 8.16. The van der Waals surface area contributed by atoms with Gasteiger partial charge in [0.1, 0.15) is 0 Å². The minimum Gasteiger partial charge on any atom is -0.294 e. The molecule has 0 radical (unpaired) electrons. The number of halogens is 2. The second-order valence-electron chi connectivity index (χ2n) is 4.31. The lowest BCUT2D eigenvalue weighted by molar-refractivity contribution is 0.0959. The summed E-state index contributed by atoms with van der Waals surface area (Å²) in [5.74, 6) is 3.01. The van der Waals surface area contributed by atoms with Crippen molar-refractivity contribution in [2.75, 3.05) is 11.5 Å². The number of hydrogen-bond acceptors (Lipinski definition) is 2. The Hall–Kier alpha value is -0.180. The third-order valence-electron chi connectivity index (χ3n) is 3.05. The smallest absolute Gasteiger partial charge is 0.164 e. The van der Waals surface area contributed by atoms with Gasteiger partial charge in [-0.05, 0) is 48.5 Å². The molecule has 17 heavy (non-hydrogen) atoms. The van der Waals surface area contributed by atoms with E-state index in [9.17, 15) is 4.79 Å². The lowest BCUT2D eigenvalue weighted by Crippen LogP contribution is -2.14. The third kappa shape index (κ3) is 3.64. The van der Waals surface area contributed by atoms with Crippen molar-refractivity contribution >= 4 is 40.7 Å². The van der Waals surface area contributed by atoms with Gasteiger partial charge in [0.2, 0.25) is 0 Å². The monoisotopic (exact) mass is 288 g/mol. The van der Waals surface area contributed by atoms with E-state index in [0.717, 1.165) is 12.8 Å². The topological polar surface area (TPSA) is 17.1 Å². The normalized spacial score (nSPS) is 17.1. The predicted molar refractivity (Wildman–Crippen MR) is 75.5 cm³/mol. The molecule has 1 aliphatic heterocycles. The van der Waals surface area contributed by atoms with Crippen molar-refractivity contribution in [1.29, 1.82) is 0 Å². The molecule has 2 rings (SSSR count).